The highest BCUT2D eigenvalue weighted by Crippen LogP contribution is 2.50. The van der Waals surface area contributed by atoms with Crippen LogP contribution in [-0.2, 0) is 4.79 Å². The summed E-state index contributed by atoms with van der Waals surface area (Å²) in [6, 6.07) is -0.248. The van der Waals surface area contributed by atoms with Gasteiger partial charge in [-0.3, -0.25) is 10.1 Å². The fourth-order valence-corrected chi connectivity index (χ4v) is 1.97. The lowest BCUT2D eigenvalue weighted by atomic mass is 10.2. The molecule has 2 aliphatic rings. The van der Waals surface area contributed by atoms with Crippen molar-refractivity contribution in [1.29, 1.82) is 0 Å². The van der Waals surface area contributed by atoms with Crippen molar-refractivity contribution in [3.8, 4) is 0 Å². The lowest BCUT2D eigenvalue weighted by molar-refractivity contribution is -0.119. The van der Waals surface area contributed by atoms with Gasteiger partial charge in [0, 0.05) is 0 Å². The lowest BCUT2D eigenvalue weighted by Crippen LogP contribution is -2.44. The van der Waals surface area contributed by atoms with Crippen LogP contribution in [0.2, 0.25) is 0 Å². The third-order valence-corrected chi connectivity index (χ3v) is 2.75. The first kappa shape index (κ1) is 7.54. The first-order valence-corrected chi connectivity index (χ1v) is 3.93. The van der Waals surface area contributed by atoms with E-state index in [0.29, 0.717) is 5.92 Å². The van der Waals surface area contributed by atoms with E-state index >= 15 is 0 Å². The molecule has 0 bridgehead atoms. The molecule has 12 heavy (non-hydrogen) atoms. The Labute approximate surface area is 69.6 Å². The first-order chi connectivity index (χ1) is 5.68. The molecule has 0 spiro atoms. The van der Waals surface area contributed by atoms with E-state index in [2.05, 4.69) is 10.5 Å². The number of oxime groups is 1. The molecule has 1 saturated heterocycles. The molecule has 4 N–H and O–H groups in total. The van der Waals surface area contributed by atoms with Crippen molar-refractivity contribution in [2.24, 2.45) is 16.8 Å². The predicted octanol–water partition coefficient (Wildman–Crippen LogP) is -0.948. The summed E-state index contributed by atoms with van der Waals surface area (Å²) in [5, 5.41) is 14.4. The van der Waals surface area contributed by atoms with Gasteiger partial charge in [0.2, 0.25) is 5.91 Å². The smallest absolute Gasteiger partial charge is 0.234 e. The molecule has 2 rings (SSSR count). The first-order valence-electron chi connectivity index (χ1n) is 3.93. The van der Waals surface area contributed by atoms with Crippen molar-refractivity contribution in [1.82, 2.24) is 5.32 Å². The molecule has 3 atom stereocenters. The predicted molar refractivity (Wildman–Crippen MR) is 41.9 cm³/mol. The van der Waals surface area contributed by atoms with E-state index in [1.165, 1.54) is 6.21 Å². The van der Waals surface area contributed by atoms with Gasteiger partial charge in [-0.25, -0.2) is 0 Å². The summed E-state index contributed by atoms with van der Waals surface area (Å²) >= 11 is 0. The molecule has 5 nitrogen and oxygen atoms in total. The quantitative estimate of drug-likeness (QED) is 0.283. The number of amides is 1. The molecule has 1 saturated carbocycles. The van der Waals surface area contributed by atoms with Crippen molar-refractivity contribution in [3.05, 3.63) is 0 Å². The van der Waals surface area contributed by atoms with Crippen LogP contribution in [0.3, 0.4) is 0 Å². The molecule has 0 aromatic carbocycles. The molecule has 0 radical (unpaired) electrons. The average molecular weight is 169 g/mol. The van der Waals surface area contributed by atoms with Gasteiger partial charge in [0.15, 0.2) is 0 Å². The number of nitrogens with zero attached hydrogens (tertiary/aromatic N) is 1. The molecular formula is C7H11N3O2. The van der Waals surface area contributed by atoms with Gasteiger partial charge in [0.05, 0.1) is 17.8 Å². The maximum Gasteiger partial charge on any atom is 0.234 e. The summed E-state index contributed by atoms with van der Waals surface area (Å²) < 4.78 is 0. The Morgan fingerprint density at radius 1 is 1.83 bits per heavy atom. The van der Waals surface area contributed by atoms with E-state index < -0.39 is 0 Å². The van der Waals surface area contributed by atoms with E-state index in [1.807, 2.05) is 0 Å². The maximum atomic E-state index is 10.8. The number of rotatable bonds is 2. The number of hydrogen-bond donors (Lipinski definition) is 3. The van der Waals surface area contributed by atoms with Gasteiger partial charge >= 0.3 is 0 Å². The second-order valence-electron chi connectivity index (χ2n) is 3.52. The van der Waals surface area contributed by atoms with Crippen molar-refractivity contribution >= 4 is 12.1 Å². The van der Waals surface area contributed by atoms with Crippen LogP contribution in [0.25, 0.3) is 0 Å². The minimum Gasteiger partial charge on any atom is -0.411 e. The third kappa shape index (κ3) is 0.896. The maximum absolute atomic E-state index is 10.8. The Morgan fingerprint density at radius 2 is 2.58 bits per heavy atom. The van der Waals surface area contributed by atoms with Gasteiger partial charge in [-0.2, -0.15) is 0 Å². The zero-order valence-electron chi connectivity index (χ0n) is 6.53. The average Bonchev–Trinajstić information content (AvgIpc) is 2.54. The van der Waals surface area contributed by atoms with Gasteiger partial charge in [-0.05, 0) is 18.8 Å². The standard InChI is InChI=1S/C7H11N3O2/c8-6(11)5-1-4-2-7(4,10-5)3-9-12/h3-5,10,12H,1-2H2,(H2,8,11)/b9-3+. The molecule has 1 aliphatic heterocycles. The second-order valence-corrected chi connectivity index (χ2v) is 3.52. The van der Waals surface area contributed by atoms with Crippen LogP contribution in [0.5, 0.6) is 0 Å². The third-order valence-electron chi connectivity index (χ3n) is 2.75. The summed E-state index contributed by atoms with van der Waals surface area (Å²) in [4.78, 5) is 10.8. The minimum atomic E-state index is -0.326. The number of hydrogen-bond acceptors (Lipinski definition) is 4. The summed E-state index contributed by atoms with van der Waals surface area (Å²) in [5.74, 6) is 0.0961. The Bertz CT molecular complexity index is 253. The Balaban J connectivity index is 2.05. The number of fused-ring (bicyclic) bond motifs is 1. The molecule has 1 heterocycles. The minimum absolute atomic E-state index is 0.228. The van der Waals surface area contributed by atoms with Crippen molar-refractivity contribution < 1.29 is 10.0 Å². The van der Waals surface area contributed by atoms with Crippen LogP contribution in [0.4, 0.5) is 0 Å². The van der Waals surface area contributed by atoms with E-state index in [0.717, 1.165) is 12.8 Å². The van der Waals surface area contributed by atoms with E-state index in [9.17, 15) is 4.79 Å². The number of piperidine rings is 1. The zero-order valence-corrected chi connectivity index (χ0v) is 6.53. The number of nitrogens with one attached hydrogen (secondary N) is 1. The monoisotopic (exact) mass is 169 g/mol. The van der Waals surface area contributed by atoms with Gasteiger partial charge in [0.25, 0.3) is 0 Å². The van der Waals surface area contributed by atoms with Crippen molar-refractivity contribution in [2.75, 3.05) is 0 Å². The van der Waals surface area contributed by atoms with Crippen LogP contribution in [0.1, 0.15) is 12.8 Å². The molecule has 1 amide bonds. The Hall–Kier alpha value is -1.10. The molecular weight excluding hydrogens is 158 g/mol. The lowest BCUT2D eigenvalue weighted by Gasteiger charge is -2.11. The highest BCUT2D eigenvalue weighted by Gasteiger charge is 2.60. The molecule has 66 valence electrons. The molecule has 3 unspecified atom stereocenters. The van der Waals surface area contributed by atoms with Crippen LogP contribution in [0.15, 0.2) is 5.16 Å². The molecule has 0 aromatic heterocycles. The summed E-state index contributed by atoms with van der Waals surface area (Å²) in [6.45, 7) is 0. The summed E-state index contributed by atoms with van der Waals surface area (Å²) in [6.07, 6.45) is 3.17. The Morgan fingerprint density at radius 3 is 3.08 bits per heavy atom. The van der Waals surface area contributed by atoms with Gasteiger partial charge < -0.3 is 10.9 Å². The highest BCUT2D eigenvalue weighted by molar-refractivity contribution is 5.84. The Kier molecular flexibility index (Phi) is 1.38. The van der Waals surface area contributed by atoms with E-state index in [1.54, 1.807) is 0 Å². The number of primary amides is 1. The number of carbonyl (C=O) groups excluding carboxylic acids is 1. The summed E-state index contributed by atoms with van der Waals surface area (Å²) in [5.41, 5.74) is 4.90. The SMILES string of the molecule is NC(=O)C1CC2CC2(/C=N/O)N1. The van der Waals surface area contributed by atoms with E-state index in [-0.39, 0.29) is 17.5 Å². The summed E-state index contributed by atoms with van der Waals surface area (Å²) in [7, 11) is 0. The largest absolute Gasteiger partial charge is 0.411 e. The highest BCUT2D eigenvalue weighted by atomic mass is 16.4. The van der Waals surface area contributed by atoms with Crippen LogP contribution in [0, 0.1) is 5.92 Å². The fourth-order valence-electron chi connectivity index (χ4n) is 1.97. The second kappa shape index (κ2) is 2.20. The van der Waals surface area contributed by atoms with Crippen LogP contribution in [-0.4, -0.2) is 28.9 Å². The molecule has 0 aromatic rings. The van der Waals surface area contributed by atoms with Crippen molar-refractivity contribution in [2.45, 2.75) is 24.4 Å². The number of carbonyl (C=O) groups is 1. The van der Waals surface area contributed by atoms with Crippen LogP contribution < -0.4 is 11.1 Å². The van der Waals surface area contributed by atoms with Crippen molar-refractivity contribution in [3.63, 3.8) is 0 Å². The van der Waals surface area contributed by atoms with Gasteiger partial charge in [0.1, 0.15) is 0 Å². The molecule has 5 heteroatoms. The van der Waals surface area contributed by atoms with E-state index in [4.69, 9.17) is 10.9 Å². The van der Waals surface area contributed by atoms with Crippen LogP contribution >= 0.6 is 0 Å². The number of nitrogens with two attached hydrogens (primary N) is 1. The topological polar surface area (TPSA) is 87.7 Å². The molecule has 1 aliphatic carbocycles. The van der Waals surface area contributed by atoms with Gasteiger partial charge in [-0.15, -0.1) is 5.16 Å². The zero-order chi connectivity index (χ0) is 8.77. The normalized spacial score (nSPS) is 44.7. The van der Waals surface area contributed by atoms with Gasteiger partial charge in [-0.1, -0.05) is 0 Å². The molecule has 2 fully saturated rings. The fraction of sp³-hybridized carbons (Fsp3) is 0.714.